The monoisotopic (exact) mass is 227 g/mol. The second-order valence-electron chi connectivity index (χ2n) is 5.16. The number of rotatable bonds is 4. The van der Waals surface area contributed by atoms with Gasteiger partial charge >= 0.3 is 5.97 Å². The molecule has 1 fully saturated rings. The maximum atomic E-state index is 11.9. The summed E-state index contributed by atoms with van der Waals surface area (Å²) in [6, 6.07) is 0. The van der Waals surface area contributed by atoms with Crippen LogP contribution in [0, 0.1) is 23.7 Å². The van der Waals surface area contributed by atoms with E-state index in [1.165, 1.54) is 0 Å². The summed E-state index contributed by atoms with van der Waals surface area (Å²) in [7, 11) is 0. The Labute approximate surface area is 96.6 Å². The lowest BCUT2D eigenvalue weighted by Gasteiger charge is -2.42. The highest BCUT2D eigenvalue weighted by atomic mass is 16.4. The van der Waals surface area contributed by atoms with Gasteiger partial charge in [0.1, 0.15) is 0 Å². The van der Waals surface area contributed by atoms with Crippen LogP contribution < -0.4 is 0 Å². The zero-order valence-corrected chi connectivity index (χ0v) is 10.4. The Balaban J connectivity index is 2.41. The van der Waals surface area contributed by atoms with Gasteiger partial charge < -0.3 is 10.0 Å². The molecule has 0 aromatic heterocycles. The molecule has 4 heteroatoms. The Morgan fingerprint density at radius 3 is 2.06 bits per heavy atom. The van der Waals surface area contributed by atoms with Crippen LogP contribution in [-0.2, 0) is 9.59 Å². The molecule has 0 radical (unpaired) electrons. The maximum absolute atomic E-state index is 11.9. The fourth-order valence-corrected chi connectivity index (χ4v) is 1.78. The second kappa shape index (κ2) is 4.85. The summed E-state index contributed by atoms with van der Waals surface area (Å²) in [5, 5.41) is 8.84. The predicted molar refractivity (Wildman–Crippen MR) is 60.9 cm³/mol. The van der Waals surface area contributed by atoms with Crippen molar-refractivity contribution >= 4 is 11.9 Å². The number of nitrogens with zero attached hydrogens (tertiary/aromatic N) is 1. The molecule has 2 unspecified atom stereocenters. The number of amides is 1. The van der Waals surface area contributed by atoms with E-state index in [4.69, 9.17) is 5.11 Å². The molecule has 1 aliphatic heterocycles. The Hall–Kier alpha value is -1.06. The summed E-state index contributed by atoms with van der Waals surface area (Å²) in [6.45, 7) is 8.90. The van der Waals surface area contributed by atoms with Crippen LogP contribution in [-0.4, -0.2) is 35.0 Å². The van der Waals surface area contributed by atoms with Crippen LogP contribution in [0.15, 0.2) is 0 Å². The van der Waals surface area contributed by atoms with Crippen molar-refractivity contribution < 1.29 is 14.7 Å². The minimum absolute atomic E-state index is 0.0288. The Bertz CT molecular complexity index is 282. The molecule has 0 saturated carbocycles. The normalized spacial score (nSPS) is 20.4. The van der Waals surface area contributed by atoms with Crippen molar-refractivity contribution in [2.24, 2.45) is 23.7 Å². The number of carbonyl (C=O) groups excluding carboxylic acids is 1. The lowest BCUT2D eigenvalue weighted by atomic mass is 9.85. The molecule has 0 aliphatic carbocycles. The van der Waals surface area contributed by atoms with E-state index >= 15 is 0 Å². The third kappa shape index (κ3) is 2.54. The van der Waals surface area contributed by atoms with Gasteiger partial charge in [0.25, 0.3) is 0 Å². The van der Waals surface area contributed by atoms with Gasteiger partial charge in [-0.15, -0.1) is 0 Å². The van der Waals surface area contributed by atoms with Crippen LogP contribution in [0.4, 0.5) is 0 Å². The molecule has 0 aromatic carbocycles. The summed E-state index contributed by atoms with van der Waals surface area (Å²) in [5.41, 5.74) is 0. The molecule has 1 amide bonds. The SMILES string of the molecule is CC(C)C(C)C(=O)N1CC(C(C)C(=O)O)C1. The molecule has 2 atom stereocenters. The summed E-state index contributed by atoms with van der Waals surface area (Å²) >= 11 is 0. The number of carboxylic acids is 1. The van der Waals surface area contributed by atoms with Gasteiger partial charge in [0, 0.05) is 24.9 Å². The first-order valence-electron chi connectivity index (χ1n) is 5.86. The number of hydrogen-bond acceptors (Lipinski definition) is 2. The Morgan fingerprint density at radius 1 is 1.19 bits per heavy atom. The molecule has 92 valence electrons. The third-order valence-electron chi connectivity index (χ3n) is 3.71. The van der Waals surface area contributed by atoms with Crippen molar-refractivity contribution in [2.75, 3.05) is 13.1 Å². The van der Waals surface area contributed by atoms with Crippen LogP contribution in [0.5, 0.6) is 0 Å². The van der Waals surface area contributed by atoms with Crippen molar-refractivity contribution in [3.8, 4) is 0 Å². The third-order valence-corrected chi connectivity index (χ3v) is 3.71. The number of carboxylic acid groups (broad SMARTS) is 1. The van der Waals surface area contributed by atoms with E-state index in [0.717, 1.165) is 0 Å². The van der Waals surface area contributed by atoms with Gasteiger partial charge in [0.05, 0.1) is 5.92 Å². The van der Waals surface area contributed by atoms with Crippen LogP contribution in [0.2, 0.25) is 0 Å². The van der Waals surface area contributed by atoms with Crippen molar-refractivity contribution in [1.82, 2.24) is 4.90 Å². The fourth-order valence-electron chi connectivity index (χ4n) is 1.78. The average Bonchev–Trinajstić information content (AvgIpc) is 2.13. The van der Waals surface area contributed by atoms with Gasteiger partial charge in [0.2, 0.25) is 5.91 Å². The highest BCUT2D eigenvalue weighted by molar-refractivity contribution is 5.80. The van der Waals surface area contributed by atoms with Gasteiger partial charge in [-0.1, -0.05) is 27.7 Å². The highest BCUT2D eigenvalue weighted by Crippen LogP contribution is 2.26. The fraction of sp³-hybridized carbons (Fsp3) is 0.833. The van der Waals surface area contributed by atoms with E-state index in [2.05, 4.69) is 0 Å². The zero-order valence-electron chi connectivity index (χ0n) is 10.4. The van der Waals surface area contributed by atoms with Crippen molar-refractivity contribution in [3.63, 3.8) is 0 Å². The van der Waals surface area contributed by atoms with E-state index < -0.39 is 5.97 Å². The first kappa shape index (κ1) is 13.0. The molecule has 1 aliphatic rings. The minimum Gasteiger partial charge on any atom is -0.481 e. The second-order valence-corrected chi connectivity index (χ2v) is 5.16. The number of hydrogen-bond donors (Lipinski definition) is 1. The van der Waals surface area contributed by atoms with Crippen molar-refractivity contribution in [1.29, 1.82) is 0 Å². The Kier molecular flexibility index (Phi) is 3.94. The molecule has 1 N–H and O–H groups in total. The molecular weight excluding hydrogens is 206 g/mol. The number of carbonyl (C=O) groups is 2. The molecular formula is C12H21NO3. The van der Waals surface area contributed by atoms with E-state index in [1.807, 2.05) is 20.8 Å². The van der Waals surface area contributed by atoms with Gasteiger partial charge in [-0.2, -0.15) is 0 Å². The van der Waals surface area contributed by atoms with E-state index in [9.17, 15) is 9.59 Å². The highest BCUT2D eigenvalue weighted by Gasteiger charge is 2.38. The molecule has 0 aromatic rings. The Morgan fingerprint density at radius 2 is 1.69 bits per heavy atom. The summed E-state index contributed by atoms with van der Waals surface area (Å²) in [4.78, 5) is 24.4. The van der Waals surface area contributed by atoms with Gasteiger partial charge in [0.15, 0.2) is 0 Å². The van der Waals surface area contributed by atoms with E-state index in [-0.39, 0.29) is 23.7 Å². The lowest BCUT2D eigenvalue weighted by molar-refractivity contribution is -0.152. The number of likely N-dealkylation sites (tertiary alicyclic amines) is 1. The standard InChI is InChI=1S/C12H21NO3/c1-7(2)8(3)11(14)13-5-10(6-13)9(4)12(15)16/h7-10H,5-6H2,1-4H3,(H,15,16). The smallest absolute Gasteiger partial charge is 0.306 e. The largest absolute Gasteiger partial charge is 0.481 e. The molecule has 0 bridgehead atoms. The molecule has 4 nitrogen and oxygen atoms in total. The molecule has 1 heterocycles. The average molecular weight is 227 g/mol. The topological polar surface area (TPSA) is 57.6 Å². The number of aliphatic carboxylic acids is 1. The van der Waals surface area contributed by atoms with Crippen LogP contribution in [0.1, 0.15) is 27.7 Å². The molecule has 16 heavy (non-hydrogen) atoms. The maximum Gasteiger partial charge on any atom is 0.306 e. The predicted octanol–water partition coefficient (Wildman–Crippen LogP) is 1.46. The van der Waals surface area contributed by atoms with Gasteiger partial charge in [-0.3, -0.25) is 9.59 Å². The van der Waals surface area contributed by atoms with Gasteiger partial charge in [-0.05, 0) is 5.92 Å². The zero-order chi connectivity index (χ0) is 12.5. The van der Waals surface area contributed by atoms with E-state index in [0.29, 0.717) is 19.0 Å². The van der Waals surface area contributed by atoms with Crippen molar-refractivity contribution in [3.05, 3.63) is 0 Å². The van der Waals surface area contributed by atoms with Crippen molar-refractivity contribution in [2.45, 2.75) is 27.7 Å². The summed E-state index contributed by atoms with van der Waals surface area (Å²) < 4.78 is 0. The minimum atomic E-state index is -0.769. The molecule has 0 spiro atoms. The summed E-state index contributed by atoms with van der Waals surface area (Å²) in [5.74, 6) is -0.471. The van der Waals surface area contributed by atoms with Gasteiger partial charge in [-0.25, -0.2) is 0 Å². The van der Waals surface area contributed by atoms with E-state index in [1.54, 1.807) is 11.8 Å². The molecule has 1 rings (SSSR count). The molecule has 1 saturated heterocycles. The lowest BCUT2D eigenvalue weighted by Crippen LogP contribution is -2.55. The first-order chi connectivity index (χ1) is 7.34. The quantitative estimate of drug-likeness (QED) is 0.791. The van der Waals surface area contributed by atoms with Crippen LogP contribution >= 0.6 is 0 Å². The van der Waals surface area contributed by atoms with Crippen LogP contribution in [0.25, 0.3) is 0 Å². The summed E-state index contributed by atoms with van der Waals surface area (Å²) in [6.07, 6.45) is 0. The van der Waals surface area contributed by atoms with Crippen LogP contribution in [0.3, 0.4) is 0 Å². The first-order valence-corrected chi connectivity index (χ1v) is 5.86.